The molecule has 88 valence electrons. The van der Waals surface area contributed by atoms with Gasteiger partial charge in [-0.3, -0.25) is 9.48 Å². The van der Waals surface area contributed by atoms with E-state index >= 15 is 0 Å². The van der Waals surface area contributed by atoms with Crippen molar-refractivity contribution in [3.8, 4) is 0 Å². The first-order valence-electron chi connectivity index (χ1n) is 5.10. The third-order valence-corrected chi connectivity index (χ3v) is 2.58. The second-order valence-electron chi connectivity index (χ2n) is 4.00. The Hall–Kier alpha value is -1.65. The smallest absolute Gasteiger partial charge is 0.163 e. The van der Waals surface area contributed by atoms with Crippen molar-refractivity contribution in [3.63, 3.8) is 0 Å². The summed E-state index contributed by atoms with van der Waals surface area (Å²) in [5.74, 6) is -1.79. The molecule has 0 saturated carbocycles. The number of carbonyl (C=O) groups excluding carboxylic acids is 2. The van der Waals surface area contributed by atoms with Gasteiger partial charge in [-0.1, -0.05) is 6.92 Å². The molecule has 0 aliphatic rings. The van der Waals surface area contributed by atoms with Gasteiger partial charge in [0.2, 0.25) is 0 Å². The van der Waals surface area contributed by atoms with Crippen LogP contribution in [-0.4, -0.2) is 21.5 Å². The fourth-order valence-electron chi connectivity index (χ4n) is 1.72. The van der Waals surface area contributed by atoms with Crippen LogP contribution in [0.5, 0.6) is 0 Å². The average Bonchev–Trinajstić information content (AvgIpc) is 2.41. The van der Waals surface area contributed by atoms with Gasteiger partial charge >= 0.3 is 0 Å². The van der Waals surface area contributed by atoms with Crippen LogP contribution in [0.3, 0.4) is 0 Å². The molecule has 5 nitrogen and oxygen atoms in total. The Morgan fingerprint density at radius 1 is 1.44 bits per heavy atom. The molecule has 0 aromatic carbocycles. The highest BCUT2D eigenvalue weighted by molar-refractivity contribution is 5.96. The molecule has 16 heavy (non-hydrogen) atoms. The van der Waals surface area contributed by atoms with Crippen molar-refractivity contribution in [1.29, 1.82) is 0 Å². The van der Waals surface area contributed by atoms with E-state index in [-0.39, 0.29) is 12.3 Å². The highest BCUT2D eigenvalue weighted by atomic mass is 16.4. The van der Waals surface area contributed by atoms with E-state index in [1.54, 1.807) is 25.5 Å². The van der Waals surface area contributed by atoms with E-state index in [9.17, 15) is 14.7 Å². The Labute approximate surface area is 94.1 Å². The van der Waals surface area contributed by atoms with Crippen molar-refractivity contribution < 1.29 is 14.7 Å². The van der Waals surface area contributed by atoms with Crippen LogP contribution in [0.15, 0.2) is 0 Å². The maximum Gasteiger partial charge on any atom is 0.163 e. The largest absolute Gasteiger partial charge is 0.550 e. The van der Waals surface area contributed by atoms with E-state index in [0.29, 0.717) is 17.0 Å². The second-order valence-corrected chi connectivity index (χ2v) is 4.00. The van der Waals surface area contributed by atoms with Crippen LogP contribution >= 0.6 is 0 Å². The summed E-state index contributed by atoms with van der Waals surface area (Å²) in [7, 11) is 0. The molecule has 0 aliphatic carbocycles. The molecule has 0 unspecified atom stereocenters. The number of aryl methyl sites for hydroxylation is 1. The summed E-state index contributed by atoms with van der Waals surface area (Å²) in [4.78, 5) is 22.0. The number of nitrogens with zero attached hydrogens (tertiary/aromatic N) is 2. The second kappa shape index (κ2) is 4.47. The Balaban J connectivity index is 3.04. The van der Waals surface area contributed by atoms with Gasteiger partial charge in [0.05, 0.1) is 11.3 Å². The van der Waals surface area contributed by atoms with E-state index in [0.717, 1.165) is 0 Å². The average molecular weight is 223 g/mol. The minimum absolute atomic E-state index is 0.0534. The number of hydrogen-bond donors (Lipinski definition) is 0. The molecule has 1 heterocycles. The third kappa shape index (κ3) is 2.29. The normalized spacial score (nSPS) is 12.5. The standard InChI is InChI=1S/C11H16N2O3/c1-6(11(15)16)5-13-8(3)10(9(4)14)7(2)12-13/h6H,5H2,1-4H3,(H,15,16)/p-1/t6-/m1/s1. The lowest BCUT2D eigenvalue weighted by atomic mass is 10.1. The molecule has 5 heteroatoms. The zero-order valence-electron chi connectivity index (χ0n) is 9.90. The van der Waals surface area contributed by atoms with Crippen LogP contribution in [0, 0.1) is 19.8 Å². The summed E-state index contributed by atoms with van der Waals surface area (Å²) in [6.07, 6.45) is 0. The first-order valence-corrected chi connectivity index (χ1v) is 5.10. The molecule has 1 aromatic heterocycles. The first kappa shape index (κ1) is 12.4. The molecule has 1 rings (SSSR count). The molecule has 0 radical (unpaired) electrons. The zero-order valence-corrected chi connectivity index (χ0v) is 9.90. The predicted molar refractivity (Wildman–Crippen MR) is 55.9 cm³/mol. The van der Waals surface area contributed by atoms with Gasteiger partial charge in [-0.15, -0.1) is 0 Å². The molecule has 0 bridgehead atoms. The summed E-state index contributed by atoms with van der Waals surface area (Å²) < 4.78 is 1.55. The summed E-state index contributed by atoms with van der Waals surface area (Å²) in [6, 6.07) is 0. The van der Waals surface area contributed by atoms with E-state index in [1.165, 1.54) is 6.92 Å². The van der Waals surface area contributed by atoms with Crippen molar-refractivity contribution in [1.82, 2.24) is 9.78 Å². The molecule has 0 saturated heterocycles. The van der Waals surface area contributed by atoms with Crippen molar-refractivity contribution in [2.24, 2.45) is 5.92 Å². The van der Waals surface area contributed by atoms with Crippen molar-refractivity contribution in [3.05, 3.63) is 17.0 Å². The van der Waals surface area contributed by atoms with E-state index < -0.39 is 11.9 Å². The van der Waals surface area contributed by atoms with Crippen molar-refractivity contribution in [2.75, 3.05) is 0 Å². The molecule has 0 spiro atoms. The molecule has 1 aromatic rings. The maximum absolute atomic E-state index is 11.3. The Kier molecular flexibility index (Phi) is 3.47. The molecular formula is C11H15N2O3-. The lowest BCUT2D eigenvalue weighted by Gasteiger charge is -2.13. The zero-order chi connectivity index (χ0) is 12.5. The number of aliphatic carboxylic acids is 1. The topological polar surface area (TPSA) is 75.0 Å². The van der Waals surface area contributed by atoms with E-state index in [4.69, 9.17) is 0 Å². The van der Waals surface area contributed by atoms with Crippen LogP contribution in [-0.2, 0) is 11.3 Å². The molecule has 1 atom stereocenters. The summed E-state index contributed by atoms with van der Waals surface area (Å²) >= 11 is 0. The summed E-state index contributed by atoms with van der Waals surface area (Å²) in [5.41, 5.74) is 1.92. The van der Waals surface area contributed by atoms with Crippen LogP contribution in [0.4, 0.5) is 0 Å². The number of rotatable bonds is 4. The fraction of sp³-hybridized carbons (Fsp3) is 0.545. The van der Waals surface area contributed by atoms with E-state index in [2.05, 4.69) is 5.10 Å². The van der Waals surface area contributed by atoms with Crippen LogP contribution in [0.1, 0.15) is 35.6 Å². The van der Waals surface area contributed by atoms with E-state index in [1.807, 2.05) is 0 Å². The van der Waals surface area contributed by atoms with Gasteiger partial charge in [0.15, 0.2) is 5.78 Å². The van der Waals surface area contributed by atoms with Gasteiger partial charge < -0.3 is 9.90 Å². The quantitative estimate of drug-likeness (QED) is 0.678. The Morgan fingerprint density at radius 2 is 2.00 bits per heavy atom. The molecular weight excluding hydrogens is 208 g/mol. The minimum atomic E-state index is -1.11. The molecule has 0 aliphatic heterocycles. The van der Waals surface area contributed by atoms with Crippen LogP contribution in [0.2, 0.25) is 0 Å². The predicted octanol–water partition coefficient (Wildman–Crippen LogP) is 0.0885. The van der Waals surface area contributed by atoms with Gasteiger partial charge in [-0.2, -0.15) is 5.10 Å². The highest BCUT2D eigenvalue weighted by Crippen LogP contribution is 2.14. The van der Waals surface area contributed by atoms with Gasteiger partial charge in [-0.25, -0.2) is 0 Å². The summed E-state index contributed by atoms with van der Waals surface area (Å²) in [5, 5.41) is 14.8. The van der Waals surface area contributed by atoms with Gasteiger partial charge in [0.1, 0.15) is 0 Å². The number of Topliss-reactive ketones (excluding diaryl/α,β-unsaturated/α-hetero) is 1. The van der Waals surface area contributed by atoms with Gasteiger partial charge in [0, 0.05) is 24.1 Å². The number of hydrogen-bond acceptors (Lipinski definition) is 4. The fourth-order valence-corrected chi connectivity index (χ4v) is 1.72. The summed E-state index contributed by atoms with van der Waals surface area (Å²) in [6.45, 7) is 6.76. The SMILES string of the molecule is CC(=O)c1c(C)nn(C[C@@H](C)C(=O)[O-])c1C. The molecule has 0 amide bonds. The highest BCUT2D eigenvalue weighted by Gasteiger charge is 2.16. The lowest BCUT2D eigenvalue weighted by molar-refractivity contribution is -0.311. The molecule has 0 N–H and O–H groups in total. The Morgan fingerprint density at radius 3 is 2.38 bits per heavy atom. The van der Waals surface area contributed by atoms with Crippen molar-refractivity contribution >= 4 is 11.8 Å². The Bertz CT molecular complexity index is 435. The van der Waals surface area contributed by atoms with Crippen LogP contribution < -0.4 is 5.11 Å². The number of carbonyl (C=O) groups is 2. The third-order valence-electron chi connectivity index (χ3n) is 2.58. The van der Waals surface area contributed by atoms with Crippen molar-refractivity contribution in [2.45, 2.75) is 34.2 Å². The lowest BCUT2D eigenvalue weighted by Crippen LogP contribution is -2.32. The van der Waals surface area contributed by atoms with Gasteiger partial charge in [0.25, 0.3) is 0 Å². The number of carboxylic acid groups (broad SMARTS) is 1. The minimum Gasteiger partial charge on any atom is -0.550 e. The van der Waals surface area contributed by atoms with Crippen LogP contribution in [0.25, 0.3) is 0 Å². The maximum atomic E-state index is 11.3. The first-order chi connectivity index (χ1) is 7.34. The monoisotopic (exact) mass is 223 g/mol. The number of aromatic nitrogens is 2. The molecule has 0 fully saturated rings. The van der Waals surface area contributed by atoms with Gasteiger partial charge in [-0.05, 0) is 20.8 Å². The number of ketones is 1. The number of carboxylic acids is 1.